The van der Waals surface area contributed by atoms with Crippen molar-refractivity contribution >= 4 is 0 Å². The Balaban J connectivity index is 1.87. The number of nitrogens with two attached hydrogens (primary N) is 1. The average Bonchev–Trinajstić information content (AvgIpc) is 2.45. The second kappa shape index (κ2) is 10.7. The Morgan fingerprint density at radius 1 is 0.800 bits per heavy atom. The van der Waals surface area contributed by atoms with Crippen LogP contribution >= 0.6 is 0 Å². The van der Waals surface area contributed by atoms with Crippen LogP contribution in [0.5, 0.6) is 0 Å². The van der Waals surface area contributed by atoms with Gasteiger partial charge in [-0.15, -0.1) is 0 Å². The molecule has 0 spiro atoms. The fraction of sp³-hybridized carbons (Fsp3) is 1.00. The lowest BCUT2D eigenvalue weighted by Crippen LogP contribution is -2.42. The van der Waals surface area contributed by atoms with Crippen LogP contribution < -0.4 is 5.73 Å². The van der Waals surface area contributed by atoms with Crippen LogP contribution in [0, 0.1) is 5.92 Å². The van der Waals surface area contributed by atoms with Crippen molar-refractivity contribution in [1.29, 1.82) is 0 Å². The van der Waals surface area contributed by atoms with Crippen LogP contribution in [0.4, 0.5) is 0 Å². The number of unbranched alkanes of at least 4 members (excludes halogenated alkanes) is 9. The van der Waals surface area contributed by atoms with Crippen LogP contribution in [-0.2, 0) is 0 Å². The second-order valence-electron chi connectivity index (χ2n) is 7.48. The molecule has 0 amide bonds. The fourth-order valence-corrected chi connectivity index (χ4v) is 3.55. The molecule has 0 heterocycles. The van der Waals surface area contributed by atoms with Crippen molar-refractivity contribution in [2.24, 2.45) is 11.7 Å². The van der Waals surface area contributed by atoms with E-state index in [9.17, 15) is 0 Å². The lowest BCUT2D eigenvalue weighted by atomic mass is 9.75. The topological polar surface area (TPSA) is 26.0 Å². The van der Waals surface area contributed by atoms with Crippen molar-refractivity contribution in [1.82, 2.24) is 0 Å². The molecule has 0 saturated heterocycles. The number of hydrogen-bond donors (Lipinski definition) is 1. The molecule has 1 aliphatic carbocycles. The molecule has 1 fully saturated rings. The lowest BCUT2D eigenvalue weighted by Gasteiger charge is -2.36. The summed E-state index contributed by atoms with van der Waals surface area (Å²) in [5.41, 5.74) is 6.73. The third-order valence-corrected chi connectivity index (χ3v) is 5.30. The van der Waals surface area contributed by atoms with Gasteiger partial charge in [0.1, 0.15) is 0 Å². The van der Waals surface area contributed by atoms with Crippen molar-refractivity contribution in [3.8, 4) is 0 Å². The van der Waals surface area contributed by atoms with Gasteiger partial charge >= 0.3 is 0 Å². The predicted molar refractivity (Wildman–Crippen MR) is 91.0 cm³/mol. The molecule has 0 aromatic rings. The van der Waals surface area contributed by atoms with E-state index in [0.717, 1.165) is 5.92 Å². The number of rotatable bonds is 11. The van der Waals surface area contributed by atoms with Gasteiger partial charge in [-0.3, -0.25) is 0 Å². The Morgan fingerprint density at radius 3 is 1.75 bits per heavy atom. The Bertz CT molecular complexity index is 216. The molecule has 0 aromatic heterocycles. The van der Waals surface area contributed by atoms with Crippen molar-refractivity contribution < 1.29 is 0 Å². The van der Waals surface area contributed by atoms with E-state index >= 15 is 0 Å². The van der Waals surface area contributed by atoms with Gasteiger partial charge in [0.25, 0.3) is 0 Å². The molecule has 1 saturated carbocycles. The fourth-order valence-electron chi connectivity index (χ4n) is 3.55. The molecule has 2 N–H and O–H groups in total. The summed E-state index contributed by atoms with van der Waals surface area (Å²) < 4.78 is 0. The van der Waals surface area contributed by atoms with Gasteiger partial charge in [0, 0.05) is 5.54 Å². The Kier molecular flexibility index (Phi) is 9.59. The largest absolute Gasteiger partial charge is 0.325 e. The van der Waals surface area contributed by atoms with Crippen LogP contribution in [0.15, 0.2) is 0 Å². The van der Waals surface area contributed by atoms with Gasteiger partial charge in [0.05, 0.1) is 0 Å². The summed E-state index contributed by atoms with van der Waals surface area (Å²) in [6, 6.07) is 0. The minimum absolute atomic E-state index is 0.201. The molecule has 120 valence electrons. The third kappa shape index (κ3) is 8.29. The molecule has 1 aliphatic rings. The standard InChI is InChI=1S/C19H39N/c1-3-4-5-6-7-8-9-10-11-12-15-19(20)16-13-18(2)14-17-19/h18H,3-17,20H2,1-2H3. The second-order valence-corrected chi connectivity index (χ2v) is 7.48. The van der Waals surface area contributed by atoms with E-state index in [2.05, 4.69) is 13.8 Å². The molecule has 1 nitrogen and oxygen atoms in total. The molecular formula is C19H39N. The van der Waals surface area contributed by atoms with Crippen molar-refractivity contribution in [3.63, 3.8) is 0 Å². The quantitative estimate of drug-likeness (QED) is 0.448. The van der Waals surface area contributed by atoms with Gasteiger partial charge in [0.2, 0.25) is 0 Å². The van der Waals surface area contributed by atoms with Crippen molar-refractivity contribution in [2.45, 2.75) is 116 Å². The molecule has 0 bridgehead atoms. The zero-order valence-corrected chi connectivity index (χ0v) is 14.3. The molecule has 0 aromatic carbocycles. The SMILES string of the molecule is CCCCCCCCCCCCC1(N)CCC(C)CC1. The molecule has 0 aliphatic heterocycles. The van der Waals surface area contributed by atoms with Crippen LogP contribution in [0.3, 0.4) is 0 Å². The first-order valence-electron chi connectivity index (χ1n) is 9.45. The van der Waals surface area contributed by atoms with Gasteiger partial charge in [-0.2, -0.15) is 0 Å². The van der Waals surface area contributed by atoms with E-state index in [0.29, 0.717) is 0 Å². The van der Waals surface area contributed by atoms with Gasteiger partial charge in [-0.25, -0.2) is 0 Å². The molecule has 1 rings (SSSR count). The first-order valence-corrected chi connectivity index (χ1v) is 9.45. The zero-order chi connectivity index (χ0) is 14.7. The van der Waals surface area contributed by atoms with E-state index in [1.54, 1.807) is 0 Å². The molecule has 0 atom stereocenters. The summed E-state index contributed by atoms with van der Waals surface area (Å²) in [6.45, 7) is 4.66. The summed E-state index contributed by atoms with van der Waals surface area (Å²) in [4.78, 5) is 0. The van der Waals surface area contributed by atoms with Crippen LogP contribution in [0.2, 0.25) is 0 Å². The van der Waals surface area contributed by atoms with Crippen LogP contribution in [0.25, 0.3) is 0 Å². The predicted octanol–water partition coefficient (Wildman–Crippen LogP) is 6.21. The highest BCUT2D eigenvalue weighted by Gasteiger charge is 2.29. The zero-order valence-electron chi connectivity index (χ0n) is 14.3. The molecule has 1 heteroatoms. The third-order valence-electron chi connectivity index (χ3n) is 5.30. The average molecular weight is 282 g/mol. The van der Waals surface area contributed by atoms with Gasteiger partial charge < -0.3 is 5.73 Å². The van der Waals surface area contributed by atoms with E-state index in [-0.39, 0.29) is 5.54 Å². The van der Waals surface area contributed by atoms with Gasteiger partial charge in [-0.1, -0.05) is 78.1 Å². The summed E-state index contributed by atoms with van der Waals surface area (Å²) in [5, 5.41) is 0. The Morgan fingerprint density at radius 2 is 1.25 bits per heavy atom. The highest BCUT2D eigenvalue weighted by molar-refractivity contribution is 4.88. The molecule has 0 unspecified atom stereocenters. The van der Waals surface area contributed by atoms with Crippen LogP contribution in [0.1, 0.15) is 110 Å². The van der Waals surface area contributed by atoms with E-state index in [1.807, 2.05) is 0 Å². The smallest absolute Gasteiger partial charge is 0.0154 e. The summed E-state index contributed by atoms with van der Waals surface area (Å²) in [6.07, 6.45) is 20.8. The molecular weight excluding hydrogens is 242 g/mol. The highest BCUT2D eigenvalue weighted by atomic mass is 14.7. The molecule has 20 heavy (non-hydrogen) atoms. The van der Waals surface area contributed by atoms with E-state index in [4.69, 9.17) is 5.73 Å². The monoisotopic (exact) mass is 281 g/mol. The van der Waals surface area contributed by atoms with Gasteiger partial charge in [0.15, 0.2) is 0 Å². The Hall–Kier alpha value is -0.0400. The van der Waals surface area contributed by atoms with E-state index in [1.165, 1.54) is 96.3 Å². The maximum absolute atomic E-state index is 6.53. The van der Waals surface area contributed by atoms with Crippen molar-refractivity contribution in [3.05, 3.63) is 0 Å². The number of hydrogen-bond acceptors (Lipinski definition) is 1. The minimum Gasteiger partial charge on any atom is -0.325 e. The highest BCUT2D eigenvalue weighted by Crippen LogP contribution is 2.33. The summed E-state index contributed by atoms with van der Waals surface area (Å²) in [7, 11) is 0. The van der Waals surface area contributed by atoms with Crippen molar-refractivity contribution in [2.75, 3.05) is 0 Å². The first kappa shape index (κ1) is 18.0. The Labute approximate surface area is 128 Å². The first-order chi connectivity index (χ1) is 9.66. The lowest BCUT2D eigenvalue weighted by molar-refractivity contribution is 0.226. The maximum atomic E-state index is 6.53. The summed E-state index contributed by atoms with van der Waals surface area (Å²) in [5.74, 6) is 0.916. The summed E-state index contributed by atoms with van der Waals surface area (Å²) >= 11 is 0. The van der Waals surface area contributed by atoms with Gasteiger partial charge in [-0.05, 0) is 38.0 Å². The minimum atomic E-state index is 0.201. The normalized spacial score (nSPS) is 26.9. The van der Waals surface area contributed by atoms with E-state index < -0.39 is 0 Å². The van der Waals surface area contributed by atoms with Crippen LogP contribution in [-0.4, -0.2) is 5.54 Å². The maximum Gasteiger partial charge on any atom is 0.0154 e. The molecule has 0 radical (unpaired) electrons.